The Balaban J connectivity index is 1.37. The van der Waals surface area contributed by atoms with Crippen LogP contribution in [0.2, 0.25) is 10.0 Å². The Kier molecular flexibility index (Phi) is 11.6. The van der Waals surface area contributed by atoms with Crippen molar-refractivity contribution in [2.75, 3.05) is 46.6 Å². The number of fused-ring (bicyclic) bond motifs is 1. The average Bonchev–Trinajstić information content (AvgIpc) is 3.09. The van der Waals surface area contributed by atoms with E-state index in [1.807, 2.05) is 74.6 Å². The van der Waals surface area contributed by atoms with Gasteiger partial charge in [-0.2, -0.15) is 5.26 Å². The van der Waals surface area contributed by atoms with Crippen LogP contribution in [-0.4, -0.2) is 66.5 Å². The first-order chi connectivity index (χ1) is 22.7. The summed E-state index contributed by atoms with van der Waals surface area (Å²) in [6.45, 7) is 5.20. The number of likely N-dealkylation sites (tertiary alicyclic amines) is 1. The largest absolute Gasteiger partial charge is 0.495 e. The molecule has 1 fully saturated rings. The number of halogens is 2. The van der Waals surface area contributed by atoms with Gasteiger partial charge >= 0.3 is 0 Å². The third kappa shape index (κ3) is 7.52. The summed E-state index contributed by atoms with van der Waals surface area (Å²) < 4.78 is 18.0. The highest BCUT2D eigenvalue weighted by atomic mass is 35.5. The summed E-state index contributed by atoms with van der Waals surface area (Å²) in [4.78, 5) is 19.5. The SMILES string of the molecule is CCc1c(C#N)c(OC)c2ccccc2c1C(=O)N(C)C[C@@H](CCN1CCC(c2ccccc2[S@](C)=O)CC1)c1ccc(Cl)c(Cl)c1. The van der Waals surface area contributed by atoms with Crippen LogP contribution in [-0.2, 0) is 17.2 Å². The van der Waals surface area contributed by atoms with Crippen LogP contribution in [0.25, 0.3) is 10.8 Å². The van der Waals surface area contributed by atoms with E-state index < -0.39 is 10.8 Å². The van der Waals surface area contributed by atoms with Crippen LogP contribution >= 0.6 is 23.2 Å². The van der Waals surface area contributed by atoms with Gasteiger partial charge in [0, 0.05) is 36.0 Å². The number of methoxy groups -OCH3 is 1. The molecular formula is C38H41Cl2N3O3S. The van der Waals surface area contributed by atoms with Crippen LogP contribution in [0.15, 0.2) is 71.6 Å². The fraction of sp³-hybridized carbons (Fsp3) is 0.368. The van der Waals surface area contributed by atoms with Crippen molar-refractivity contribution in [3.8, 4) is 11.8 Å². The van der Waals surface area contributed by atoms with Gasteiger partial charge in [0.2, 0.25) is 0 Å². The molecule has 246 valence electrons. The van der Waals surface area contributed by atoms with Crippen LogP contribution in [0.4, 0.5) is 0 Å². The molecule has 0 radical (unpaired) electrons. The number of benzene rings is 4. The van der Waals surface area contributed by atoms with Gasteiger partial charge < -0.3 is 14.5 Å². The highest BCUT2D eigenvalue weighted by Gasteiger charge is 2.28. The number of piperidine rings is 1. The quantitative estimate of drug-likeness (QED) is 0.158. The molecule has 1 aliphatic heterocycles. The zero-order chi connectivity index (χ0) is 33.7. The number of amides is 1. The lowest BCUT2D eigenvalue weighted by Crippen LogP contribution is -2.36. The number of carbonyl (C=O) groups is 1. The van der Waals surface area contributed by atoms with E-state index in [9.17, 15) is 14.3 Å². The Morgan fingerprint density at radius 2 is 1.74 bits per heavy atom. The number of rotatable bonds is 11. The lowest BCUT2D eigenvalue weighted by Gasteiger charge is -2.34. The molecule has 1 amide bonds. The molecule has 5 rings (SSSR count). The van der Waals surface area contributed by atoms with Gasteiger partial charge in [-0.25, -0.2) is 0 Å². The second kappa shape index (κ2) is 15.7. The fourth-order valence-corrected chi connectivity index (χ4v) is 8.15. The molecule has 4 aromatic carbocycles. The zero-order valence-corrected chi connectivity index (χ0v) is 29.7. The maximum absolute atomic E-state index is 14.3. The number of nitriles is 1. The third-order valence-electron chi connectivity index (χ3n) is 9.46. The third-order valence-corrected chi connectivity index (χ3v) is 11.2. The molecule has 0 unspecified atom stereocenters. The van der Waals surface area contributed by atoms with Crippen molar-refractivity contribution in [3.63, 3.8) is 0 Å². The molecule has 9 heteroatoms. The van der Waals surface area contributed by atoms with Gasteiger partial charge in [-0.1, -0.05) is 78.7 Å². The van der Waals surface area contributed by atoms with Crippen LogP contribution in [0.5, 0.6) is 5.75 Å². The van der Waals surface area contributed by atoms with E-state index in [0.717, 1.165) is 60.1 Å². The molecule has 0 spiro atoms. The first-order valence-electron chi connectivity index (χ1n) is 16.0. The van der Waals surface area contributed by atoms with Crippen LogP contribution in [0, 0.1) is 11.3 Å². The summed E-state index contributed by atoms with van der Waals surface area (Å²) in [7, 11) is 2.38. The Hall–Kier alpha value is -3.41. The number of ether oxygens (including phenoxy) is 1. The molecular weight excluding hydrogens is 649 g/mol. The first kappa shape index (κ1) is 34.9. The van der Waals surface area contributed by atoms with E-state index in [2.05, 4.69) is 17.0 Å². The average molecular weight is 691 g/mol. The highest BCUT2D eigenvalue weighted by molar-refractivity contribution is 7.84. The molecule has 0 aromatic heterocycles. The van der Waals surface area contributed by atoms with E-state index in [-0.39, 0.29) is 11.8 Å². The fourth-order valence-electron chi connectivity index (χ4n) is 7.01. The molecule has 0 aliphatic carbocycles. The molecule has 1 aliphatic rings. The number of nitrogens with zero attached hydrogens (tertiary/aromatic N) is 3. The van der Waals surface area contributed by atoms with Gasteiger partial charge in [-0.3, -0.25) is 9.00 Å². The monoisotopic (exact) mass is 689 g/mol. The molecule has 2 atom stereocenters. The van der Waals surface area contributed by atoms with Crippen molar-refractivity contribution in [2.24, 2.45) is 0 Å². The number of carbonyl (C=O) groups excluding carboxylic acids is 1. The Bertz CT molecular complexity index is 1830. The van der Waals surface area contributed by atoms with Crippen molar-refractivity contribution < 1.29 is 13.7 Å². The predicted octanol–water partition coefficient (Wildman–Crippen LogP) is 8.45. The topological polar surface area (TPSA) is 73.6 Å². The normalized spacial score (nSPS) is 15.3. The maximum Gasteiger partial charge on any atom is 0.254 e. The van der Waals surface area contributed by atoms with Crippen LogP contribution in [0.3, 0.4) is 0 Å². The smallest absolute Gasteiger partial charge is 0.254 e. The predicted molar refractivity (Wildman–Crippen MR) is 193 cm³/mol. The summed E-state index contributed by atoms with van der Waals surface area (Å²) >= 11 is 12.8. The second-order valence-electron chi connectivity index (χ2n) is 12.2. The van der Waals surface area contributed by atoms with Crippen LogP contribution in [0.1, 0.15) is 70.6 Å². The molecule has 0 bridgehead atoms. The molecule has 4 aromatic rings. The van der Waals surface area contributed by atoms with E-state index in [4.69, 9.17) is 27.9 Å². The summed E-state index contributed by atoms with van der Waals surface area (Å²) in [6.07, 6.45) is 5.11. The lowest BCUT2D eigenvalue weighted by atomic mass is 9.88. The van der Waals surface area contributed by atoms with Crippen molar-refractivity contribution in [1.29, 1.82) is 5.26 Å². The first-order valence-corrected chi connectivity index (χ1v) is 18.4. The van der Waals surface area contributed by atoms with Gasteiger partial charge in [-0.05, 0) is 91.5 Å². The number of hydrogen-bond donors (Lipinski definition) is 0. The van der Waals surface area contributed by atoms with E-state index in [1.54, 1.807) is 18.3 Å². The molecule has 1 saturated heterocycles. The van der Waals surface area contributed by atoms with Gasteiger partial charge in [0.05, 0.1) is 39.1 Å². The molecule has 1 heterocycles. The van der Waals surface area contributed by atoms with Gasteiger partial charge in [0.25, 0.3) is 5.91 Å². The van der Waals surface area contributed by atoms with Crippen molar-refractivity contribution >= 4 is 50.7 Å². The maximum atomic E-state index is 14.3. The number of hydrogen-bond acceptors (Lipinski definition) is 5. The van der Waals surface area contributed by atoms with E-state index >= 15 is 0 Å². The standard InChI is InChI=1S/C38H41Cl2N3O3S/c1-5-28-32(23-41)37(46-3)31-12-7-6-11-30(31)36(28)38(44)42(2)24-27(26-14-15-33(39)34(40)22-26)18-21-43-19-16-25(17-20-43)29-10-8-9-13-35(29)47(4)45/h6-15,22,25,27H,5,16-21,24H2,1-4H3/t27-,47+/m1/s1. The zero-order valence-electron chi connectivity index (χ0n) is 27.4. The van der Waals surface area contributed by atoms with E-state index in [1.165, 1.54) is 5.56 Å². The van der Waals surface area contributed by atoms with Gasteiger partial charge in [0.1, 0.15) is 11.8 Å². The molecule has 47 heavy (non-hydrogen) atoms. The second-order valence-corrected chi connectivity index (χ2v) is 14.4. The van der Waals surface area contributed by atoms with Gasteiger partial charge in [-0.15, -0.1) is 0 Å². The summed E-state index contributed by atoms with van der Waals surface area (Å²) in [5, 5.41) is 12.6. The minimum Gasteiger partial charge on any atom is -0.495 e. The number of likely N-dealkylation sites (N-methyl/N-ethyl adjacent to an activating group) is 1. The highest BCUT2D eigenvalue weighted by Crippen LogP contribution is 2.38. The summed E-state index contributed by atoms with van der Waals surface area (Å²) in [6, 6.07) is 23.8. The minimum absolute atomic E-state index is 0.00436. The van der Waals surface area contributed by atoms with Crippen LogP contribution < -0.4 is 4.74 Å². The molecule has 6 nitrogen and oxygen atoms in total. The van der Waals surface area contributed by atoms with Crippen molar-refractivity contribution in [3.05, 3.63) is 105 Å². The summed E-state index contributed by atoms with van der Waals surface area (Å²) in [5.41, 5.74) is 3.89. The molecule has 0 N–H and O–H groups in total. The molecule has 0 saturated carbocycles. The Morgan fingerprint density at radius 1 is 1.06 bits per heavy atom. The van der Waals surface area contributed by atoms with Crippen molar-refractivity contribution in [1.82, 2.24) is 9.80 Å². The van der Waals surface area contributed by atoms with E-state index in [0.29, 0.717) is 51.4 Å². The lowest BCUT2D eigenvalue weighted by molar-refractivity contribution is 0.0782. The Labute approximate surface area is 290 Å². The van der Waals surface area contributed by atoms with Crippen molar-refractivity contribution in [2.45, 2.75) is 49.3 Å². The minimum atomic E-state index is -1.01. The summed E-state index contributed by atoms with van der Waals surface area (Å²) in [5.74, 6) is 0.772. The Morgan fingerprint density at radius 3 is 2.38 bits per heavy atom. The van der Waals surface area contributed by atoms with Gasteiger partial charge in [0.15, 0.2) is 0 Å².